The molecule has 3 atom stereocenters. The fourth-order valence-electron chi connectivity index (χ4n) is 3.40. The molecule has 0 heterocycles. The molecule has 0 radical (unpaired) electrons. The van der Waals surface area contributed by atoms with Crippen molar-refractivity contribution in [3.8, 4) is 0 Å². The number of carbonyl (C=O) groups is 2. The van der Waals surface area contributed by atoms with E-state index in [1.165, 1.54) is 4.90 Å². The number of rotatable bonds is 13. The first kappa shape index (κ1) is 26.1. The maximum absolute atomic E-state index is 13.2. The van der Waals surface area contributed by atoms with Crippen molar-refractivity contribution in [2.45, 2.75) is 59.1 Å². The lowest BCUT2D eigenvalue weighted by Gasteiger charge is -2.36. The van der Waals surface area contributed by atoms with Crippen LogP contribution in [0.25, 0.3) is 0 Å². The number of ether oxygens (including phenoxy) is 1. The topological polar surface area (TPSA) is 78.9 Å². The van der Waals surface area contributed by atoms with Crippen LogP contribution in [-0.4, -0.2) is 54.7 Å². The Morgan fingerprint density at radius 3 is 2.37 bits per heavy atom. The molecule has 0 saturated heterocycles. The first-order valence-electron chi connectivity index (χ1n) is 10.9. The average Bonchev–Trinajstić information content (AvgIpc) is 2.71. The van der Waals surface area contributed by atoms with Crippen LogP contribution in [0.15, 0.2) is 30.3 Å². The first-order valence-corrected chi connectivity index (χ1v) is 10.9. The summed E-state index contributed by atoms with van der Waals surface area (Å²) >= 11 is 0. The van der Waals surface area contributed by atoms with Crippen LogP contribution in [0.2, 0.25) is 0 Å². The second-order valence-electron chi connectivity index (χ2n) is 8.86. The quantitative estimate of drug-likeness (QED) is 0.513. The summed E-state index contributed by atoms with van der Waals surface area (Å²) in [5.74, 6) is -1.27. The van der Waals surface area contributed by atoms with Gasteiger partial charge in [0, 0.05) is 26.2 Å². The van der Waals surface area contributed by atoms with Gasteiger partial charge in [-0.2, -0.15) is 0 Å². The first-order chi connectivity index (χ1) is 14.1. The summed E-state index contributed by atoms with van der Waals surface area (Å²) in [7, 11) is 3.42. The molecule has 0 aromatic heterocycles. The molecule has 30 heavy (non-hydrogen) atoms. The van der Waals surface area contributed by atoms with Crippen LogP contribution in [0, 0.1) is 17.8 Å². The smallest absolute Gasteiger partial charge is 0.227 e. The molecule has 0 aliphatic rings. The highest BCUT2D eigenvalue weighted by atomic mass is 16.5. The van der Waals surface area contributed by atoms with Crippen molar-refractivity contribution in [1.82, 2.24) is 10.2 Å². The van der Waals surface area contributed by atoms with Crippen LogP contribution < -0.4 is 5.32 Å². The number of aliphatic hydroxyl groups excluding tert-OH is 1. The molecule has 0 spiro atoms. The number of benzene rings is 1. The average molecular weight is 421 g/mol. The van der Waals surface area contributed by atoms with Crippen LogP contribution in [0.4, 0.5) is 0 Å². The van der Waals surface area contributed by atoms with E-state index in [-0.39, 0.29) is 36.9 Å². The highest BCUT2D eigenvalue weighted by Crippen LogP contribution is 2.24. The van der Waals surface area contributed by atoms with Gasteiger partial charge in [-0.1, -0.05) is 57.0 Å². The summed E-state index contributed by atoms with van der Waals surface area (Å²) in [6.07, 6.45) is 2.69. The van der Waals surface area contributed by atoms with E-state index in [4.69, 9.17) is 4.74 Å². The van der Waals surface area contributed by atoms with Gasteiger partial charge in [0.1, 0.15) is 0 Å². The van der Waals surface area contributed by atoms with Crippen LogP contribution in [0.5, 0.6) is 0 Å². The van der Waals surface area contributed by atoms with Gasteiger partial charge in [-0.3, -0.25) is 9.59 Å². The van der Waals surface area contributed by atoms with Crippen LogP contribution in [0.1, 0.15) is 52.5 Å². The molecule has 0 unspecified atom stereocenters. The molecule has 2 N–H and O–H groups in total. The predicted molar refractivity (Wildman–Crippen MR) is 120 cm³/mol. The van der Waals surface area contributed by atoms with Crippen LogP contribution >= 0.6 is 0 Å². The van der Waals surface area contributed by atoms with Crippen LogP contribution in [-0.2, 0) is 20.9 Å². The number of amides is 2. The van der Waals surface area contributed by atoms with E-state index in [0.29, 0.717) is 6.61 Å². The fraction of sp³-hybridized carbons (Fsp3) is 0.667. The largest absolute Gasteiger partial charge is 0.396 e. The van der Waals surface area contributed by atoms with Gasteiger partial charge in [0.05, 0.1) is 25.0 Å². The number of hydrogen-bond donors (Lipinski definition) is 2. The zero-order valence-corrected chi connectivity index (χ0v) is 19.5. The van der Waals surface area contributed by atoms with E-state index in [2.05, 4.69) is 12.2 Å². The SMILES string of the molecule is CCCC[C@@H](CO)[C@@H](COCc1ccccc1)C(=O)NC(C)(C)[C@H](C)C(=O)N(C)C. The van der Waals surface area contributed by atoms with Crippen molar-refractivity contribution in [3.63, 3.8) is 0 Å². The molecule has 0 saturated carbocycles. The number of carbonyl (C=O) groups excluding carboxylic acids is 2. The lowest BCUT2D eigenvalue weighted by Crippen LogP contribution is -2.55. The molecule has 1 aromatic carbocycles. The second-order valence-corrected chi connectivity index (χ2v) is 8.86. The van der Waals surface area contributed by atoms with E-state index in [1.54, 1.807) is 14.1 Å². The monoisotopic (exact) mass is 420 g/mol. The van der Waals surface area contributed by atoms with E-state index in [0.717, 1.165) is 24.8 Å². The Hall–Kier alpha value is -1.92. The summed E-state index contributed by atoms with van der Waals surface area (Å²) < 4.78 is 5.88. The van der Waals surface area contributed by atoms with Gasteiger partial charge in [-0.05, 0) is 31.7 Å². The third kappa shape index (κ3) is 8.07. The summed E-state index contributed by atoms with van der Waals surface area (Å²) in [5, 5.41) is 13.0. The molecule has 0 aliphatic heterocycles. The third-order valence-electron chi connectivity index (χ3n) is 5.82. The molecule has 1 aromatic rings. The minimum absolute atomic E-state index is 0.0399. The Morgan fingerprint density at radius 2 is 1.83 bits per heavy atom. The summed E-state index contributed by atoms with van der Waals surface area (Å²) in [4.78, 5) is 27.2. The molecule has 2 amide bonds. The zero-order chi connectivity index (χ0) is 22.7. The number of unbranched alkanes of at least 4 members (excludes halogenated alkanes) is 1. The lowest BCUT2D eigenvalue weighted by atomic mass is 9.84. The highest BCUT2D eigenvalue weighted by molar-refractivity contribution is 5.83. The standard InChI is InChI=1S/C24H40N2O4/c1-7-8-14-20(15-27)21(17-30-16-19-12-10-9-11-13-19)22(28)25-24(3,4)18(2)23(29)26(5)6/h9-13,18,20-21,27H,7-8,14-17H2,1-6H3,(H,25,28)/t18-,20+,21-/m1/s1. The highest BCUT2D eigenvalue weighted by Gasteiger charge is 2.37. The third-order valence-corrected chi connectivity index (χ3v) is 5.82. The molecule has 0 bridgehead atoms. The second kappa shape index (κ2) is 12.7. The summed E-state index contributed by atoms with van der Waals surface area (Å²) in [6.45, 7) is 8.20. The van der Waals surface area contributed by atoms with E-state index in [1.807, 2.05) is 51.1 Å². The van der Waals surface area contributed by atoms with Crippen molar-refractivity contribution in [1.29, 1.82) is 0 Å². The minimum atomic E-state index is -0.721. The Kier molecular flexibility index (Phi) is 11.1. The maximum atomic E-state index is 13.2. The maximum Gasteiger partial charge on any atom is 0.227 e. The van der Waals surface area contributed by atoms with Gasteiger partial charge in [0.25, 0.3) is 0 Å². The molecule has 6 nitrogen and oxygen atoms in total. The van der Waals surface area contributed by atoms with E-state index >= 15 is 0 Å². The van der Waals surface area contributed by atoms with E-state index in [9.17, 15) is 14.7 Å². The number of nitrogens with one attached hydrogen (secondary N) is 1. The number of aliphatic hydroxyl groups is 1. The van der Waals surface area contributed by atoms with Crippen molar-refractivity contribution in [2.75, 3.05) is 27.3 Å². The van der Waals surface area contributed by atoms with E-state index < -0.39 is 11.5 Å². The zero-order valence-electron chi connectivity index (χ0n) is 19.5. The Morgan fingerprint density at radius 1 is 1.20 bits per heavy atom. The molecular formula is C24H40N2O4. The van der Waals surface area contributed by atoms with Crippen LogP contribution in [0.3, 0.4) is 0 Å². The van der Waals surface area contributed by atoms with Gasteiger partial charge in [-0.25, -0.2) is 0 Å². The molecule has 170 valence electrons. The van der Waals surface area contributed by atoms with Gasteiger partial charge in [0.2, 0.25) is 11.8 Å². The molecule has 0 fully saturated rings. The predicted octanol–water partition coefficient (Wildman–Crippen LogP) is 3.24. The van der Waals surface area contributed by atoms with Gasteiger partial charge < -0.3 is 20.1 Å². The Labute approximate surface area is 182 Å². The Bertz CT molecular complexity index is 646. The number of hydrogen-bond acceptors (Lipinski definition) is 4. The van der Waals surface area contributed by atoms with Crippen molar-refractivity contribution < 1.29 is 19.4 Å². The minimum Gasteiger partial charge on any atom is -0.396 e. The summed E-state index contributed by atoms with van der Waals surface area (Å²) in [6, 6.07) is 9.81. The van der Waals surface area contributed by atoms with Gasteiger partial charge in [-0.15, -0.1) is 0 Å². The van der Waals surface area contributed by atoms with Gasteiger partial charge in [0.15, 0.2) is 0 Å². The molecule has 1 rings (SSSR count). The summed E-state index contributed by atoms with van der Waals surface area (Å²) in [5.41, 5.74) is 0.317. The normalized spacial score (nSPS) is 14.6. The lowest BCUT2D eigenvalue weighted by molar-refractivity contribution is -0.137. The Balaban J connectivity index is 2.89. The fourth-order valence-corrected chi connectivity index (χ4v) is 3.40. The number of nitrogens with zero attached hydrogens (tertiary/aromatic N) is 1. The molecule has 6 heteroatoms. The molecular weight excluding hydrogens is 380 g/mol. The van der Waals surface area contributed by atoms with Crippen molar-refractivity contribution in [2.24, 2.45) is 17.8 Å². The van der Waals surface area contributed by atoms with Gasteiger partial charge >= 0.3 is 0 Å². The van der Waals surface area contributed by atoms with Crippen molar-refractivity contribution >= 4 is 11.8 Å². The van der Waals surface area contributed by atoms with Crippen molar-refractivity contribution in [3.05, 3.63) is 35.9 Å². The molecule has 0 aliphatic carbocycles.